The van der Waals surface area contributed by atoms with Crippen LogP contribution in [-0.2, 0) is 4.79 Å². The maximum atomic E-state index is 11.0. The van der Waals surface area contributed by atoms with Crippen LogP contribution in [0.4, 0.5) is 0 Å². The van der Waals surface area contributed by atoms with Crippen LogP contribution in [0.25, 0.3) is 0 Å². The summed E-state index contributed by atoms with van der Waals surface area (Å²) in [7, 11) is 0. The van der Waals surface area contributed by atoms with Gasteiger partial charge in [0.1, 0.15) is 6.04 Å². The van der Waals surface area contributed by atoms with E-state index in [0.29, 0.717) is 12.0 Å². The van der Waals surface area contributed by atoms with Gasteiger partial charge < -0.3 is 10.4 Å². The molecule has 0 heterocycles. The van der Waals surface area contributed by atoms with Crippen LogP contribution in [0.15, 0.2) is 0 Å². The molecule has 15 heavy (non-hydrogen) atoms. The van der Waals surface area contributed by atoms with E-state index in [9.17, 15) is 4.79 Å². The van der Waals surface area contributed by atoms with Gasteiger partial charge in [0.05, 0.1) is 0 Å². The van der Waals surface area contributed by atoms with Crippen molar-refractivity contribution in [3.05, 3.63) is 0 Å². The Kier molecular flexibility index (Phi) is 4.58. The predicted octanol–water partition coefficient (Wildman–Crippen LogP) is 2.26. The average Bonchev–Trinajstić information content (AvgIpc) is 2.48. The summed E-state index contributed by atoms with van der Waals surface area (Å²) < 4.78 is 0. The molecule has 0 bridgehead atoms. The molecule has 2 N–H and O–H groups in total. The molecule has 0 aliphatic heterocycles. The predicted molar refractivity (Wildman–Crippen MR) is 60.8 cm³/mol. The topological polar surface area (TPSA) is 49.3 Å². The van der Waals surface area contributed by atoms with Crippen LogP contribution >= 0.6 is 0 Å². The number of hydrogen-bond acceptors (Lipinski definition) is 2. The Morgan fingerprint density at radius 1 is 1.47 bits per heavy atom. The molecule has 0 aromatic rings. The lowest BCUT2D eigenvalue weighted by Crippen LogP contribution is -2.44. The molecule has 1 saturated carbocycles. The van der Waals surface area contributed by atoms with E-state index in [-0.39, 0.29) is 6.04 Å². The van der Waals surface area contributed by atoms with Crippen LogP contribution in [0.2, 0.25) is 0 Å². The first-order chi connectivity index (χ1) is 7.06. The lowest BCUT2D eigenvalue weighted by Gasteiger charge is -2.23. The molecule has 0 radical (unpaired) electrons. The van der Waals surface area contributed by atoms with Gasteiger partial charge >= 0.3 is 5.97 Å². The van der Waals surface area contributed by atoms with Gasteiger partial charge in [0.2, 0.25) is 0 Å². The molecular formula is C12H23NO2. The van der Waals surface area contributed by atoms with Crippen molar-refractivity contribution < 1.29 is 9.90 Å². The summed E-state index contributed by atoms with van der Waals surface area (Å²) in [5.41, 5.74) is 0. The van der Waals surface area contributed by atoms with Crippen LogP contribution < -0.4 is 5.32 Å². The Hall–Kier alpha value is -0.570. The summed E-state index contributed by atoms with van der Waals surface area (Å²) >= 11 is 0. The molecule has 0 saturated heterocycles. The molecule has 88 valence electrons. The van der Waals surface area contributed by atoms with Crippen LogP contribution in [-0.4, -0.2) is 23.2 Å². The van der Waals surface area contributed by atoms with Gasteiger partial charge in [0.25, 0.3) is 0 Å². The Labute approximate surface area is 92.3 Å². The normalized spacial score (nSPS) is 32.9. The number of hydrogen-bond donors (Lipinski definition) is 2. The lowest BCUT2D eigenvalue weighted by molar-refractivity contribution is -0.140. The smallest absolute Gasteiger partial charge is 0.320 e. The number of nitrogens with one attached hydrogen (secondary N) is 1. The molecule has 4 atom stereocenters. The maximum Gasteiger partial charge on any atom is 0.320 e. The standard InChI is InChI=1S/C12H23NO2/c1-4-5-11(12(14)15)13-10-7-6-8(2)9(10)3/h8-11,13H,4-7H2,1-3H3,(H,14,15). The molecule has 0 aromatic heterocycles. The van der Waals surface area contributed by atoms with Crippen LogP contribution in [0.5, 0.6) is 0 Å². The van der Waals surface area contributed by atoms with Gasteiger partial charge in [-0.3, -0.25) is 4.79 Å². The summed E-state index contributed by atoms with van der Waals surface area (Å²) in [6, 6.07) is 0.0420. The van der Waals surface area contributed by atoms with Crippen LogP contribution in [0.1, 0.15) is 46.5 Å². The highest BCUT2D eigenvalue weighted by Gasteiger charge is 2.32. The van der Waals surface area contributed by atoms with E-state index in [4.69, 9.17) is 5.11 Å². The zero-order valence-corrected chi connectivity index (χ0v) is 9.99. The lowest BCUT2D eigenvalue weighted by atomic mass is 9.97. The van der Waals surface area contributed by atoms with E-state index in [1.165, 1.54) is 6.42 Å². The summed E-state index contributed by atoms with van der Waals surface area (Å²) in [5, 5.41) is 12.4. The highest BCUT2D eigenvalue weighted by molar-refractivity contribution is 5.73. The average molecular weight is 213 g/mol. The van der Waals surface area contributed by atoms with E-state index in [1.807, 2.05) is 6.92 Å². The number of carboxylic acids is 1. The minimum absolute atomic E-state index is 0.354. The largest absolute Gasteiger partial charge is 0.480 e. The Morgan fingerprint density at radius 3 is 2.53 bits per heavy atom. The van der Waals surface area contributed by atoms with E-state index in [2.05, 4.69) is 19.2 Å². The van der Waals surface area contributed by atoms with Gasteiger partial charge in [0.15, 0.2) is 0 Å². The van der Waals surface area contributed by atoms with Crippen molar-refractivity contribution in [2.75, 3.05) is 0 Å². The van der Waals surface area contributed by atoms with Crippen LogP contribution in [0.3, 0.4) is 0 Å². The first-order valence-corrected chi connectivity index (χ1v) is 6.05. The zero-order chi connectivity index (χ0) is 11.4. The molecular weight excluding hydrogens is 190 g/mol. The molecule has 0 spiro atoms. The van der Waals surface area contributed by atoms with Gasteiger partial charge in [-0.1, -0.05) is 27.2 Å². The Bertz CT molecular complexity index is 218. The van der Waals surface area contributed by atoms with Crippen molar-refractivity contribution in [1.29, 1.82) is 0 Å². The molecule has 1 aliphatic carbocycles. The third-order valence-corrected chi connectivity index (χ3v) is 3.76. The Balaban J connectivity index is 2.47. The van der Waals surface area contributed by atoms with Crippen molar-refractivity contribution in [1.82, 2.24) is 5.32 Å². The van der Waals surface area contributed by atoms with Crippen LogP contribution in [0, 0.1) is 11.8 Å². The van der Waals surface area contributed by atoms with Gasteiger partial charge in [0, 0.05) is 6.04 Å². The fourth-order valence-corrected chi connectivity index (χ4v) is 2.43. The Morgan fingerprint density at radius 2 is 2.13 bits per heavy atom. The highest BCUT2D eigenvalue weighted by atomic mass is 16.4. The summed E-state index contributed by atoms with van der Waals surface area (Å²) in [6.07, 6.45) is 3.99. The van der Waals surface area contributed by atoms with Crippen molar-refractivity contribution >= 4 is 5.97 Å². The number of rotatable bonds is 5. The van der Waals surface area contributed by atoms with Gasteiger partial charge in [-0.2, -0.15) is 0 Å². The number of aliphatic carboxylic acids is 1. The first-order valence-electron chi connectivity index (χ1n) is 6.05. The van der Waals surface area contributed by atoms with E-state index in [1.54, 1.807) is 0 Å². The first kappa shape index (κ1) is 12.5. The van der Waals surface area contributed by atoms with E-state index >= 15 is 0 Å². The number of carbonyl (C=O) groups is 1. The summed E-state index contributed by atoms with van der Waals surface area (Å²) in [4.78, 5) is 11.0. The monoisotopic (exact) mass is 213 g/mol. The van der Waals surface area contributed by atoms with E-state index < -0.39 is 5.97 Å². The highest BCUT2D eigenvalue weighted by Crippen LogP contribution is 2.31. The molecule has 1 aliphatic rings. The van der Waals surface area contributed by atoms with Crippen molar-refractivity contribution in [2.24, 2.45) is 11.8 Å². The number of carboxylic acid groups (broad SMARTS) is 1. The maximum absolute atomic E-state index is 11.0. The van der Waals surface area contributed by atoms with Gasteiger partial charge in [-0.25, -0.2) is 0 Å². The SMILES string of the molecule is CCCC(NC1CCC(C)C1C)C(=O)O. The zero-order valence-electron chi connectivity index (χ0n) is 9.99. The third kappa shape index (κ3) is 3.20. The van der Waals surface area contributed by atoms with Gasteiger partial charge in [-0.05, 0) is 31.1 Å². The van der Waals surface area contributed by atoms with Crippen molar-refractivity contribution in [3.8, 4) is 0 Å². The molecule has 1 rings (SSSR count). The minimum Gasteiger partial charge on any atom is -0.480 e. The summed E-state index contributed by atoms with van der Waals surface area (Å²) in [5.74, 6) is 0.617. The molecule has 0 aromatic carbocycles. The second kappa shape index (κ2) is 5.50. The third-order valence-electron chi connectivity index (χ3n) is 3.76. The minimum atomic E-state index is -0.705. The van der Waals surface area contributed by atoms with Gasteiger partial charge in [-0.15, -0.1) is 0 Å². The molecule has 1 fully saturated rings. The molecule has 3 nitrogen and oxygen atoms in total. The molecule has 0 amide bonds. The molecule has 4 unspecified atom stereocenters. The fourth-order valence-electron chi connectivity index (χ4n) is 2.43. The fraction of sp³-hybridized carbons (Fsp3) is 0.917. The molecule has 3 heteroatoms. The van der Waals surface area contributed by atoms with Crippen molar-refractivity contribution in [2.45, 2.75) is 58.5 Å². The van der Waals surface area contributed by atoms with Crippen molar-refractivity contribution in [3.63, 3.8) is 0 Å². The second-order valence-electron chi connectivity index (χ2n) is 4.87. The quantitative estimate of drug-likeness (QED) is 0.736. The second-order valence-corrected chi connectivity index (χ2v) is 4.87. The van der Waals surface area contributed by atoms with E-state index in [0.717, 1.165) is 25.2 Å². The summed E-state index contributed by atoms with van der Waals surface area (Å²) in [6.45, 7) is 6.50.